The highest BCUT2D eigenvalue weighted by molar-refractivity contribution is 5.63. The molecule has 0 fully saturated rings. The minimum absolute atomic E-state index is 1.56. The Kier molecular flexibility index (Phi) is 8.89. The molecule has 0 amide bonds. The average molecular weight is 697 g/mol. The quantitative estimate of drug-likeness (QED) is 0.188. The van der Waals surface area contributed by atoms with E-state index in [2.05, 4.69) is 0 Å². The monoisotopic (exact) mass is 697 g/mol. The lowest BCUT2D eigenvalue weighted by atomic mass is 9.84. The maximum Gasteiger partial charge on any atom is 0.460 e. The van der Waals surface area contributed by atoms with Crippen molar-refractivity contribution < 1.29 is 123 Å². The van der Waals surface area contributed by atoms with Crippen LogP contribution in [0.15, 0.2) is 0 Å². The Labute approximate surface area is 208 Å². The summed E-state index contributed by atoms with van der Waals surface area (Å²) in [6, 6.07) is 0. The first-order valence-electron chi connectivity index (χ1n) is 8.56. The van der Waals surface area contributed by atoms with Gasteiger partial charge in [0.05, 0.1) is 0 Å². The molecule has 0 rings (SSSR count). The number of rotatable bonds is 12. The Morgan fingerprint density at radius 2 is 0.381 bits per heavy atom. The molecule has 1 nitrogen and oxygen atoms in total. The molecule has 0 aliphatic carbocycles. The Hall–Kier alpha value is -2.22. The van der Waals surface area contributed by atoms with Crippen molar-refractivity contribution in [2.45, 2.75) is 77.2 Å². The number of halogens is 27. The van der Waals surface area contributed by atoms with E-state index in [-0.39, 0.29) is 0 Å². The molecule has 0 aliphatic heterocycles. The van der Waals surface area contributed by atoms with Gasteiger partial charge in [-0.15, -0.1) is 0 Å². The van der Waals surface area contributed by atoms with Crippen LogP contribution < -0.4 is 0 Å². The molecule has 0 aromatic heterocycles. The lowest BCUT2D eigenvalue weighted by Gasteiger charge is -2.45. The minimum Gasteiger partial charge on any atom is -0.283 e. The van der Waals surface area contributed by atoms with Gasteiger partial charge < -0.3 is 0 Å². The molecule has 0 saturated carbocycles. The van der Waals surface area contributed by atoms with Crippen LogP contribution in [0, 0.1) is 0 Å². The fourth-order valence-corrected chi connectivity index (χ4v) is 2.21. The second kappa shape index (κ2) is 9.39. The van der Waals surface area contributed by atoms with Crippen molar-refractivity contribution >= 4 is 6.29 Å². The predicted molar refractivity (Wildman–Crippen MR) is 71.1 cm³/mol. The van der Waals surface area contributed by atoms with Gasteiger partial charge in [0.1, 0.15) is 0 Å². The SMILES string of the molecule is O=[C]C(F)(F)C(F)(F)C(F)(F)C(F)(F)C(F)(F)C(F)(F)C(F)(F)C(F)(F)C(F)(F)C(F)(F)C(F)(F)C(F)(F)C(F)(F)F. The number of hydrogen-bond acceptors (Lipinski definition) is 1. The molecule has 0 aromatic rings. The summed E-state index contributed by atoms with van der Waals surface area (Å²) < 4.78 is 353. The summed E-state index contributed by atoms with van der Waals surface area (Å²) in [5, 5.41) is 0. The molecule has 0 aliphatic rings. The molecule has 0 bridgehead atoms. The van der Waals surface area contributed by atoms with Crippen LogP contribution in [0.25, 0.3) is 0 Å². The molecule has 0 saturated heterocycles. The molecule has 42 heavy (non-hydrogen) atoms. The normalized spacial score (nSPS) is 17.0. The zero-order chi connectivity index (χ0) is 35.2. The molecule has 28 heteroatoms. The Morgan fingerprint density at radius 1 is 0.238 bits per heavy atom. The van der Waals surface area contributed by atoms with Gasteiger partial charge in [-0.05, 0) is 0 Å². The van der Waals surface area contributed by atoms with Crippen molar-refractivity contribution in [1.82, 2.24) is 0 Å². The van der Waals surface area contributed by atoms with E-state index in [4.69, 9.17) is 0 Å². The maximum absolute atomic E-state index is 13.5. The minimum atomic E-state index is -9.81. The van der Waals surface area contributed by atoms with Gasteiger partial charge in [-0.25, -0.2) is 0 Å². The zero-order valence-electron chi connectivity index (χ0n) is 17.6. The largest absolute Gasteiger partial charge is 0.460 e. The molecular weight excluding hydrogens is 697 g/mol. The molecule has 251 valence electrons. The fraction of sp³-hybridized carbons (Fsp3) is 0.929. The van der Waals surface area contributed by atoms with Gasteiger partial charge in [0.15, 0.2) is 0 Å². The van der Waals surface area contributed by atoms with Crippen molar-refractivity contribution in [3.8, 4) is 0 Å². The van der Waals surface area contributed by atoms with Crippen LogP contribution in [0.4, 0.5) is 119 Å². The lowest BCUT2D eigenvalue weighted by molar-refractivity contribution is -0.484. The van der Waals surface area contributed by atoms with E-state index in [1.54, 1.807) is 0 Å². The van der Waals surface area contributed by atoms with Crippen LogP contribution in [-0.2, 0) is 4.79 Å². The first kappa shape index (κ1) is 39.8. The molecule has 0 atom stereocenters. The molecular formula is C14F27O. The van der Waals surface area contributed by atoms with Gasteiger partial charge in [0.25, 0.3) is 6.29 Å². The third kappa shape index (κ3) is 4.32. The van der Waals surface area contributed by atoms with E-state index in [1.807, 2.05) is 0 Å². The van der Waals surface area contributed by atoms with Crippen LogP contribution in [0.5, 0.6) is 0 Å². The van der Waals surface area contributed by atoms with Crippen molar-refractivity contribution in [2.75, 3.05) is 0 Å². The van der Waals surface area contributed by atoms with E-state index >= 15 is 0 Å². The van der Waals surface area contributed by atoms with Crippen LogP contribution in [0.1, 0.15) is 0 Å². The van der Waals surface area contributed by atoms with Crippen LogP contribution in [0.2, 0.25) is 0 Å². The highest BCUT2D eigenvalue weighted by Gasteiger charge is 3.00. The van der Waals surface area contributed by atoms with Gasteiger partial charge in [-0.2, -0.15) is 119 Å². The standard InChI is InChI=1S/C14F27O/c15-2(16,1-42)3(17,18)4(19,20)5(21,22)6(23,24)7(25,26)8(27,28)9(29,30)10(31,32)11(33,34)12(35,36)13(37,38)14(39,40)41. The van der Waals surface area contributed by atoms with E-state index < -0.39 is 83.5 Å². The molecule has 0 aromatic carbocycles. The molecule has 1 radical (unpaired) electrons. The first-order valence-corrected chi connectivity index (χ1v) is 8.56. The summed E-state index contributed by atoms with van der Waals surface area (Å²) in [6.45, 7) is 0. The summed E-state index contributed by atoms with van der Waals surface area (Å²) in [7, 11) is 0. The van der Waals surface area contributed by atoms with Crippen LogP contribution in [0.3, 0.4) is 0 Å². The zero-order valence-corrected chi connectivity index (χ0v) is 17.6. The Morgan fingerprint density at radius 3 is 0.524 bits per heavy atom. The molecule has 0 unspecified atom stereocenters. The maximum atomic E-state index is 13.5. The van der Waals surface area contributed by atoms with E-state index in [0.29, 0.717) is 0 Å². The summed E-state index contributed by atoms with van der Waals surface area (Å²) in [4.78, 5) is 9.57. The molecule has 0 N–H and O–H groups in total. The highest BCUT2D eigenvalue weighted by atomic mass is 19.4. The Bertz CT molecular complexity index is 1010. The van der Waals surface area contributed by atoms with Crippen molar-refractivity contribution in [2.24, 2.45) is 0 Å². The average Bonchev–Trinajstić information content (AvgIpc) is 2.76. The number of carbonyl (C=O) groups excluding carboxylic acids is 1. The fourth-order valence-electron chi connectivity index (χ4n) is 2.21. The topological polar surface area (TPSA) is 17.1 Å². The highest BCUT2D eigenvalue weighted by Crippen LogP contribution is 2.68. The summed E-state index contributed by atoms with van der Waals surface area (Å²) >= 11 is 0. The van der Waals surface area contributed by atoms with Crippen LogP contribution >= 0.6 is 0 Å². The molecule has 0 heterocycles. The second-order valence-electron chi connectivity index (χ2n) is 7.49. The van der Waals surface area contributed by atoms with Gasteiger partial charge >= 0.3 is 77.2 Å². The van der Waals surface area contributed by atoms with Gasteiger partial charge in [-0.1, -0.05) is 0 Å². The van der Waals surface area contributed by atoms with Gasteiger partial charge in [-0.3, -0.25) is 4.79 Å². The van der Waals surface area contributed by atoms with E-state index in [0.717, 1.165) is 0 Å². The van der Waals surface area contributed by atoms with Gasteiger partial charge in [0, 0.05) is 0 Å². The summed E-state index contributed by atoms with van der Waals surface area (Å²) in [6.07, 6.45) is -9.81. The third-order valence-electron chi connectivity index (χ3n) is 4.82. The van der Waals surface area contributed by atoms with Crippen LogP contribution in [-0.4, -0.2) is 83.5 Å². The summed E-state index contributed by atoms with van der Waals surface area (Å²) in [5.41, 5.74) is 0. The number of hydrogen-bond donors (Lipinski definition) is 0. The second-order valence-corrected chi connectivity index (χ2v) is 7.49. The first-order chi connectivity index (χ1) is 17.6. The van der Waals surface area contributed by atoms with Gasteiger partial charge in [0.2, 0.25) is 0 Å². The summed E-state index contributed by atoms with van der Waals surface area (Å²) in [5.74, 6) is -111. The molecule has 0 spiro atoms. The third-order valence-corrected chi connectivity index (χ3v) is 4.82. The van der Waals surface area contributed by atoms with E-state index in [1.165, 1.54) is 0 Å². The smallest absolute Gasteiger partial charge is 0.283 e. The van der Waals surface area contributed by atoms with E-state index in [9.17, 15) is 123 Å². The van der Waals surface area contributed by atoms with Crippen molar-refractivity contribution in [1.29, 1.82) is 0 Å². The lowest BCUT2D eigenvalue weighted by Crippen LogP contribution is -2.78. The van der Waals surface area contributed by atoms with Crippen molar-refractivity contribution in [3.63, 3.8) is 0 Å². The van der Waals surface area contributed by atoms with Crippen molar-refractivity contribution in [3.05, 3.63) is 0 Å². The predicted octanol–water partition coefficient (Wildman–Crippen LogP) is 8.28. The Balaban J connectivity index is 7.45. The number of alkyl halides is 27.